The Morgan fingerprint density at radius 2 is 2.17 bits per heavy atom. The first-order chi connectivity index (χ1) is 11.8. The summed E-state index contributed by atoms with van der Waals surface area (Å²) in [7, 11) is 1.81. The highest BCUT2D eigenvalue weighted by molar-refractivity contribution is 7.99. The van der Waals surface area contributed by atoms with Crippen molar-refractivity contribution >= 4 is 17.7 Å². The van der Waals surface area contributed by atoms with Crippen molar-refractivity contribution in [2.75, 3.05) is 13.3 Å². The number of aromatic nitrogens is 2. The van der Waals surface area contributed by atoms with Crippen molar-refractivity contribution in [3.8, 4) is 11.3 Å². The van der Waals surface area contributed by atoms with Crippen molar-refractivity contribution in [3.63, 3.8) is 0 Å². The summed E-state index contributed by atoms with van der Waals surface area (Å²) >= 11 is 1.97. The van der Waals surface area contributed by atoms with Gasteiger partial charge in [-0.25, -0.2) is 4.98 Å². The molecular formula is C18H25N5S. The fourth-order valence-corrected chi connectivity index (χ4v) is 3.85. The molecule has 5 nitrogen and oxygen atoms in total. The molecule has 2 aromatic rings. The van der Waals surface area contributed by atoms with Crippen molar-refractivity contribution in [2.45, 2.75) is 37.1 Å². The Morgan fingerprint density at radius 3 is 2.88 bits per heavy atom. The maximum Gasteiger partial charge on any atom is 0.191 e. The topological polar surface area (TPSA) is 65.1 Å². The number of benzene rings is 1. The lowest BCUT2D eigenvalue weighted by Crippen LogP contribution is -2.42. The molecule has 1 aromatic carbocycles. The van der Waals surface area contributed by atoms with Gasteiger partial charge in [-0.2, -0.15) is 11.8 Å². The summed E-state index contributed by atoms with van der Waals surface area (Å²) in [6.07, 6.45) is 7.78. The molecule has 128 valence electrons. The second-order valence-corrected chi connectivity index (χ2v) is 7.19. The van der Waals surface area contributed by atoms with Gasteiger partial charge in [0.2, 0.25) is 0 Å². The highest BCUT2D eigenvalue weighted by atomic mass is 32.2. The van der Waals surface area contributed by atoms with Gasteiger partial charge in [0, 0.05) is 18.3 Å². The molecule has 1 fully saturated rings. The molecule has 0 bridgehead atoms. The normalized spacial score (nSPS) is 21.0. The van der Waals surface area contributed by atoms with Crippen LogP contribution >= 0.6 is 11.8 Å². The van der Waals surface area contributed by atoms with Crippen LogP contribution < -0.4 is 10.6 Å². The summed E-state index contributed by atoms with van der Waals surface area (Å²) in [5.41, 5.74) is 2.18. The van der Waals surface area contributed by atoms with Crippen LogP contribution in [-0.4, -0.2) is 40.5 Å². The molecule has 0 spiro atoms. The van der Waals surface area contributed by atoms with Crippen molar-refractivity contribution in [1.29, 1.82) is 0 Å². The van der Waals surface area contributed by atoms with Gasteiger partial charge in [0.1, 0.15) is 5.82 Å². The minimum atomic E-state index is 0.519. The fraction of sp³-hybridized carbons (Fsp3) is 0.444. The fourth-order valence-electron chi connectivity index (χ4n) is 3.06. The number of hydrogen-bond donors (Lipinski definition) is 3. The number of rotatable bonds is 5. The number of hydrogen-bond acceptors (Lipinski definition) is 3. The van der Waals surface area contributed by atoms with Gasteiger partial charge >= 0.3 is 0 Å². The molecule has 0 amide bonds. The number of guanidine groups is 1. The predicted octanol–water partition coefficient (Wildman–Crippen LogP) is 3.03. The molecule has 24 heavy (non-hydrogen) atoms. The van der Waals surface area contributed by atoms with Crippen LogP contribution in [-0.2, 0) is 6.54 Å². The Kier molecular flexibility index (Phi) is 5.80. The van der Waals surface area contributed by atoms with E-state index in [0.29, 0.717) is 12.6 Å². The zero-order valence-corrected chi connectivity index (χ0v) is 15.1. The molecule has 1 aromatic heterocycles. The van der Waals surface area contributed by atoms with Crippen molar-refractivity contribution in [2.24, 2.45) is 4.99 Å². The van der Waals surface area contributed by atoms with E-state index in [1.54, 1.807) is 0 Å². The molecule has 0 radical (unpaired) electrons. The Labute approximate surface area is 147 Å². The van der Waals surface area contributed by atoms with Gasteiger partial charge in [-0.15, -0.1) is 0 Å². The van der Waals surface area contributed by atoms with Gasteiger partial charge in [-0.1, -0.05) is 30.3 Å². The van der Waals surface area contributed by atoms with E-state index in [4.69, 9.17) is 0 Å². The highest BCUT2D eigenvalue weighted by Gasteiger charge is 2.24. The van der Waals surface area contributed by atoms with Crippen LogP contribution in [0.15, 0.2) is 41.5 Å². The zero-order valence-electron chi connectivity index (χ0n) is 14.2. The molecular weight excluding hydrogens is 318 g/mol. The van der Waals surface area contributed by atoms with E-state index in [1.165, 1.54) is 19.3 Å². The molecule has 1 aliphatic carbocycles. The Hall–Kier alpha value is -1.95. The monoisotopic (exact) mass is 343 g/mol. The van der Waals surface area contributed by atoms with E-state index in [0.717, 1.165) is 28.3 Å². The number of aromatic amines is 1. The largest absolute Gasteiger partial charge is 0.354 e. The van der Waals surface area contributed by atoms with E-state index < -0.39 is 0 Å². The summed E-state index contributed by atoms with van der Waals surface area (Å²) in [4.78, 5) is 12.1. The maximum absolute atomic E-state index is 4.45. The standard InChI is InChI=1S/C18H25N5S/c1-19-18(22-14-8-9-15(10-14)24-2)21-12-17-20-11-16(23-17)13-6-4-3-5-7-13/h3-7,11,14-15H,8-10,12H2,1-2H3,(H,20,23)(H2,19,21,22). The summed E-state index contributed by atoms with van der Waals surface area (Å²) in [5.74, 6) is 1.75. The molecule has 2 atom stereocenters. The second kappa shape index (κ2) is 8.24. The minimum Gasteiger partial charge on any atom is -0.354 e. The van der Waals surface area contributed by atoms with E-state index in [1.807, 2.05) is 43.2 Å². The predicted molar refractivity (Wildman–Crippen MR) is 102 cm³/mol. The number of aliphatic imine (C=N–C) groups is 1. The third-order valence-electron chi connectivity index (χ3n) is 4.42. The molecule has 1 saturated carbocycles. The maximum atomic E-state index is 4.45. The summed E-state index contributed by atoms with van der Waals surface area (Å²) < 4.78 is 0. The van der Waals surface area contributed by atoms with Gasteiger partial charge < -0.3 is 15.6 Å². The summed E-state index contributed by atoms with van der Waals surface area (Å²) in [5, 5.41) is 7.65. The first kappa shape index (κ1) is 16.9. The van der Waals surface area contributed by atoms with Crippen LogP contribution in [0.5, 0.6) is 0 Å². The first-order valence-corrected chi connectivity index (χ1v) is 9.66. The van der Waals surface area contributed by atoms with Gasteiger partial charge in [0.15, 0.2) is 5.96 Å². The molecule has 0 saturated heterocycles. The molecule has 3 rings (SSSR count). The van der Waals surface area contributed by atoms with E-state index in [-0.39, 0.29) is 0 Å². The Bertz CT molecular complexity index is 667. The lowest BCUT2D eigenvalue weighted by Gasteiger charge is -2.16. The number of nitrogens with zero attached hydrogens (tertiary/aromatic N) is 2. The quantitative estimate of drug-likeness (QED) is 0.577. The second-order valence-electron chi connectivity index (χ2n) is 6.05. The smallest absolute Gasteiger partial charge is 0.191 e. The van der Waals surface area contributed by atoms with Gasteiger partial charge in [0.25, 0.3) is 0 Å². The van der Waals surface area contributed by atoms with Gasteiger partial charge in [-0.3, -0.25) is 4.99 Å². The van der Waals surface area contributed by atoms with Crippen LogP contribution in [0.25, 0.3) is 11.3 Å². The average Bonchev–Trinajstić information content (AvgIpc) is 3.28. The molecule has 1 aliphatic rings. The van der Waals surface area contributed by atoms with Crippen LogP contribution in [0.1, 0.15) is 25.1 Å². The third-order valence-corrected chi connectivity index (χ3v) is 5.51. The van der Waals surface area contributed by atoms with Gasteiger partial charge in [-0.05, 0) is 31.1 Å². The Balaban J connectivity index is 1.52. The molecule has 1 heterocycles. The molecule has 0 aliphatic heterocycles. The van der Waals surface area contributed by atoms with Crippen LogP contribution in [0.2, 0.25) is 0 Å². The third kappa shape index (κ3) is 4.32. The van der Waals surface area contributed by atoms with Crippen LogP contribution in [0, 0.1) is 0 Å². The number of H-pyrrole nitrogens is 1. The number of nitrogens with one attached hydrogen (secondary N) is 3. The first-order valence-electron chi connectivity index (χ1n) is 8.37. The van der Waals surface area contributed by atoms with Crippen LogP contribution in [0.3, 0.4) is 0 Å². The SMILES string of the molecule is CN=C(NCc1ncc(-c2ccccc2)[nH]1)NC1CCC(SC)C1. The van der Waals surface area contributed by atoms with E-state index in [2.05, 4.69) is 44.0 Å². The van der Waals surface area contributed by atoms with Crippen molar-refractivity contribution < 1.29 is 0 Å². The average molecular weight is 344 g/mol. The van der Waals surface area contributed by atoms with Gasteiger partial charge in [0.05, 0.1) is 18.4 Å². The van der Waals surface area contributed by atoms with Crippen LogP contribution in [0.4, 0.5) is 0 Å². The minimum absolute atomic E-state index is 0.519. The number of thioether (sulfide) groups is 1. The molecule has 2 unspecified atom stereocenters. The number of imidazole rings is 1. The zero-order chi connectivity index (χ0) is 16.8. The summed E-state index contributed by atoms with van der Waals surface area (Å²) in [6, 6.07) is 10.8. The molecule has 3 N–H and O–H groups in total. The van der Waals surface area contributed by atoms with Crippen molar-refractivity contribution in [3.05, 3.63) is 42.4 Å². The van der Waals surface area contributed by atoms with Crippen molar-refractivity contribution in [1.82, 2.24) is 20.6 Å². The lowest BCUT2D eigenvalue weighted by molar-refractivity contribution is 0.613. The van der Waals surface area contributed by atoms with E-state index >= 15 is 0 Å². The summed E-state index contributed by atoms with van der Waals surface area (Å²) in [6.45, 7) is 0.630. The Morgan fingerprint density at radius 1 is 1.33 bits per heavy atom. The highest BCUT2D eigenvalue weighted by Crippen LogP contribution is 2.28. The lowest BCUT2D eigenvalue weighted by atomic mass is 10.2. The van der Waals surface area contributed by atoms with E-state index in [9.17, 15) is 0 Å². The molecule has 6 heteroatoms.